The fourth-order valence-corrected chi connectivity index (χ4v) is 3.62. The van der Waals surface area contributed by atoms with Crippen LogP contribution in [0.15, 0.2) is 18.2 Å². The van der Waals surface area contributed by atoms with Crippen molar-refractivity contribution < 1.29 is 24.2 Å². The van der Waals surface area contributed by atoms with E-state index in [4.69, 9.17) is 14.6 Å². The molecule has 1 aromatic rings. The molecule has 0 aromatic heterocycles. The highest BCUT2D eigenvalue weighted by atomic mass is 16.5. The van der Waals surface area contributed by atoms with Gasteiger partial charge in [-0.3, -0.25) is 9.59 Å². The van der Waals surface area contributed by atoms with Gasteiger partial charge in [0, 0.05) is 18.0 Å². The van der Waals surface area contributed by atoms with Crippen LogP contribution in [0.5, 0.6) is 11.5 Å². The predicted octanol–water partition coefficient (Wildman–Crippen LogP) is 3.64. The molecule has 6 heteroatoms. The Labute approximate surface area is 154 Å². The molecule has 1 saturated carbocycles. The normalized spacial score (nSPS) is 15.9. The Balaban J connectivity index is 2.04. The molecule has 0 radical (unpaired) electrons. The number of hydrogen-bond acceptors (Lipinski definition) is 4. The van der Waals surface area contributed by atoms with Crippen LogP contribution in [0.3, 0.4) is 0 Å². The topological polar surface area (TPSA) is 84.9 Å². The highest BCUT2D eigenvalue weighted by molar-refractivity contribution is 5.95. The van der Waals surface area contributed by atoms with Crippen LogP contribution in [0.1, 0.15) is 61.7 Å². The molecule has 0 bridgehead atoms. The molecule has 26 heavy (non-hydrogen) atoms. The summed E-state index contributed by atoms with van der Waals surface area (Å²) in [5.41, 5.74) is 0.478. The molecule has 1 aromatic carbocycles. The van der Waals surface area contributed by atoms with Gasteiger partial charge in [0.2, 0.25) is 0 Å². The van der Waals surface area contributed by atoms with Gasteiger partial charge in [-0.2, -0.15) is 0 Å². The average Bonchev–Trinajstić information content (AvgIpc) is 2.66. The Morgan fingerprint density at radius 3 is 2.46 bits per heavy atom. The van der Waals surface area contributed by atoms with Crippen LogP contribution in [0.2, 0.25) is 0 Å². The van der Waals surface area contributed by atoms with Crippen LogP contribution < -0.4 is 14.8 Å². The van der Waals surface area contributed by atoms with E-state index in [0.29, 0.717) is 29.4 Å². The fraction of sp³-hybridized carbons (Fsp3) is 0.600. The maximum Gasteiger partial charge on any atom is 0.303 e. The lowest BCUT2D eigenvalue weighted by Gasteiger charge is -2.27. The molecule has 1 aliphatic carbocycles. The van der Waals surface area contributed by atoms with Crippen molar-refractivity contribution >= 4 is 11.9 Å². The Morgan fingerprint density at radius 1 is 1.15 bits per heavy atom. The zero-order valence-electron chi connectivity index (χ0n) is 15.6. The summed E-state index contributed by atoms with van der Waals surface area (Å²) >= 11 is 0. The zero-order valence-corrected chi connectivity index (χ0v) is 15.6. The average molecular weight is 363 g/mol. The minimum Gasteiger partial charge on any atom is -0.493 e. The molecule has 1 fully saturated rings. The van der Waals surface area contributed by atoms with E-state index in [2.05, 4.69) is 5.32 Å². The summed E-state index contributed by atoms with van der Waals surface area (Å²) in [7, 11) is 3.07. The number of ether oxygens (including phenoxy) is 2. The van der Waals surface area contributed by atoms with Crippen molar-refractivity contribution in [2.24, 2.45) is 5.92 Å². The number of nitrogens with one attached hydrogen (secondary N) is 1. The van der Waals surface area contributed by atoms with Crippen molar-refractivity contribution in [1.82, 2.24) is 5.32 Å². The van der Waals surface area contributed by atoms with E-state index in [1.807, 2.05) is 0 Å². The van der Waals surface area contributed by atoms with Crippen LogP contribution in [-0.2, 0) is 4.79 Å². The molecule has 1 atom stereocenters. The number of carboxylic acid groups (broad SMARTS) is 1. The van der Waals surface area contributed by atoms with E-state index >= 15 is 0 Å². The molecule has 6 nitrogen and oxygen atoms in total. The minimum absolute atomic E-state index is 0.0591. The van der Waals surface area contributed by atoms with Crippen molar-refractivity contribution in [2.45, 2.75) is 57.4 Å². The van der Waals surface area contributed by atoms with E-state index in [-0.39, 0.29) is 18.4 Å². The smallest absolute Gasteiger partial charge is 0.303 e. The second-order valence-corrected chi connectivity index (χ2v) is 6.91. The number of benzene rings is 1. The van der Waals surface area contributed by atoms with Crippen LogP contribution in [0.25, 0.3) is 0 Å². The van der Waals surface area contributed by atoms with Crippen molar-refractivity contribution in [3.8, 4) is 11.5 Å². The monoisotopic (exact) mass is 363 g/mol. The molecule has 0 heterocycles. The van der Waals surface area contributed by atoms with Crippen molar-refractivity contribution in [3.63, 3.8) is 0 Å². The van der Waals surface area contributed by atoms with Gasteiger partial charge in [0.25, 0.3) is 5.91 Å². The predicted molar refractivity (Wildman–Crippen MR) is 98.9 cm³/mol. The van der Waals surface area contributed by atoms with Gasteiger partial charge in [-0.15, -0.1) is 0 Å². The SMILES string of the molecule is COc1ccc(C(=O)NC(CCC(=O)O)CC2CCCCC2)cc1OC. The minimum atomic E-state index is -0.834. The third kappa shape index (κ3) is 5.93. The Bertz CT molecular complexity index is 610. The highest BCUT2D eigenvalue weighted by Crippen LogP contribution is 2.29. The summed E-state index contributed by atoms with van der Waals surface area (Å²) < 4.78 is 10.4. The third-order valence-corrected chi connectivity index (χ3v) is 5.03. The molecular formula is C20H29NO5. The third-order valence-electron chi connectivity index (χ3n) is 5.03. The molecule has 0 aliphatic heterocycles. The van der Waals surface area contributed by atoms with E-state index < -0.39 is 5.97 Å². The van der Waals surface area contributed by atoms with Gasteiger partial charge in [-0.25, -0.2) is 0 Å². The molecular weight excluding hydrogens is 334 g/mol. The van der Waals surface area contributed by atoms with Gasteiger partial charge in [0.1, 0.15) is 0 Å². The summed E-state index contributed by atoms with van der Waals surface area (Å²) in [5, 5.41) is 12.0. The number of carbonyl (C=O) groups excluding carboxylic acids is 1. The Kier molecular flexibility index (Phi) is 7.75. The lowest BCUT2D eigenvalue weighted by atomic mass is 9.84. The number of aliphatic carboxylic acids is 1. The second kappa shape index (κ2) is 10.0. The lowest BCUT2D eigenvalue weighted by molar-refractivity contribution is -0.137. The maximum atomic E-state index is 12.7. The van der Waals surface area contributed by atoms with Gasteiger partial charge in [0.05, 0.1) is 14.2 Å². The summed E-state index contributed by atoms with van der Waals surface area (Å²) in [5.74, 6) is 0.576. The Morgan fingerprint density at radius 2 is 1.85 bits per heavy atom. The zero-order chi connectivity index (χ0) is 18.9. The first-order valence-electron chi connectivity index (χ1n) is 9.28. The molecule has 0 saturated heterocycles. The van der Waals surface area contributed by atoms with Gasteiger partial charge in [0.15, 0.2) is 11.5 Å². The van der Waals surface area contributed by atoms with E-state index in [0.717, 1.165) is 19.3 Å². The molecule has 1 amide bonds. The number of hydrogen-bond donors (Lipinski definition) is 2. The van der Waals surface area contributed by atoms with Crippen LogP contribution >= 0.6 is 0 Å². The van der Waals surface area contributed by atoms with Crippen LogP contribution in [0, 0.1) is 5.92 Å². The Hall–Kier alpha value is -2.24. The second-order valence-electron chi connectivity index (χ2n) is 6.91. The summed E-state index contributed by atoms with van der Waals surface area (Å²) in [6.45, 7) is 0. The van der Waals surface area contributed by atoms with Crippen molar-refractivity contribution in [3.05, 3.63) is 23.8 Å². The number of carboxylic acids is 1. The number of carbonyl (C=O) groups is 2. The largest absolute Gasteiger partial charge is 0.493 e. The summed E-state index contributed by atoms with van der Waals surface area (Å²) in [4.78, 5) is 23.6. The van der Waals surface area contributed by atoms with Crippen LogP contribution in [0.4, 0.5) is 0 Å². The molecule has 0 spiro atoms. The fourth-order valence-electron chi connectivity index (χ4n) is 3.62. The van der Waals surface area contributed by atoms with E-state index in [9.17, 15) is 9.59 Å². The molecule has 144 valence electrons. The quantitative estimate of drug-likeness (QED) is 0.700. The van der Waals surface area contributed by atoms with Crippen LogP contribution in [-0.4, -0.2) is 37.2 Å². The molecule has 1 unspecified atom stereocenters. The first-order chi connectivity index (χ1) is 12.5. The van der Waals surface area contributed by atoms with Gasteiger partial charge in [-0.05, 0) is 37.0 Å². The lowest BCUT2D eigenvalue weighted by Crippen LogP contribution is -2.37. The first-order valence-corrected chi connectivity index (χ1v) is 9.28. The van der Waals surface area contributed by atoms with E-state index in [1.165, 1.54) is 26.4 Å². The van der Waals surface area contributed by atoms with E-state index in [1.54, 1.807) is 25.3 Å². The summed E-state index contributed by atoms with van der Waals surface area (Å²) in [6, 6.07) is 4.89. The highest BCUT2D eigenvalue weighted by Gasteiger charge is 2.22. The van der Waals surface area contributed by atoms with Crippen molar-refractivity contribution in [2.75, 3.05) is 14.2 Å². The number of methoxy groups -OCH3 is 2. The number of amides is 1. The van der Waals surface area contributed by atoms with Gasteiger partial charge >= 0.3 is 5.97 Å². The standard InChI is InChI=1S/C20H29NO5/c1-25-17-10-8-15(13-18(17)26-2)20(24)21-16(9-11-19(22)23)12-14-6-4-3-5-7-14/h8,10,13-14,16H,3-7,9,11-12H2,1-2H3,(H,21,24)(H,22,23). The number of rotatable bonds is 9. The van der Waals surface area contributed by atoms with Gasteiger partial charge in [-0.1, -0.05) is 32.1 Å². The first kappa shape index (κ1) is 20.1. The molecule has 1 aliphatic rings. The molecule has 2 rings (SSSR count). The van der Waals surface area contributed by atoms with Gasteiger partial charge < -0.3 is 19.9 Å². The van der Waals surface area contributed by atoms with Crippen molar-refractivity contribution in [1.29, 1.82) is 0 Å². The maximum absolute atomic E-state index is 12.7. The molecule has 2 N–H and O–H groups in total. The summed E-state index contributed by atoms with van der Waals surface area (Å²) in [6.07, 6.45) is 7.39.